The maximum atomic E-state index is 5.76. The van der Waals surface area contributed by atoms with E-state index in [1.54, 1.807) is 23.7 Å². The molecule has 0 unspecified atom stereocenters. The molecule has 1 N–H and O–H groups in total. The van der Waals surface area contributed by atoms with E-state index in [0.29, 0.717) is 21.9 Å². The smallest absolute Gasteiger partial charge is 0.209 e. The van der Waals surface area contributed by atoms with Gasteiger partial charge in [0.15, 0.2) is 0 Å². The zero-order chi connectivity index (χ0) is 9.42. The monoisotopic (exact) mass is 216 g/mol. The summed E-state index contributed by atoms with van der Waals surface area (Å²) in [5, 5.41) is 3.70. The zero-order valence-corrected chi connectivity index (χ0v) is 8.26. The van der Waals surface area contributed by atoms with Crippen LogP contribution in [0.5, 0.6) is 0 Å². The van der Waals surface area contributed by atoms with E-state index >= 15 is 0 Å². The van der Waals surface area contributed by atoms with Crippen LogP contribution in [-0.2, 0) is 0 Å². The van der Waals surface area contributed by atoms with E-state index in [1.165, 1.54) is 0 Å². The first-order valence-corrected chi connectivity index (χ1v) is 4.35. The lowest BCUT2D eigenvalue weighted by Crippen LogP contribution is -2.00. The van der Waals surface area contributed by atoms with Gasteiger partial charge in [-0.1, -0.05) is 23.2 Å². The van der Waals surface area contributed by atoms with Gasteiger partial charge in [-0.05, 0) is 0 Å². The number of anilines is 1. The Morgan fingerprint density at radius 3 is 2.77 bits per heavy atom. The van der Waals surface area contributed by atoms with Gasteiger partial charge in [0, 0.05) is 13.1 Å². The second kappa shape index (κ2) is 3.05. The fourth-order valence-corrected chi connectivity index (χ4v) is 1.47. The molecular formula is C7H6Cl2N4. The molecule has 2 heterocycles. The molecule has 2 aromatic heterocycles. The van der Waals surface area contributed by atoms with Crippen molar-refractivity contribution < 1.29 is 0 Å². The standard InChI is InChI=1S/C7H6Cl2N4/c1-10-7-12-4(8)2-6-11-5(9)3-13(6)7/h2-3H,1H3,(H,10,12). The first kappa shape index (κ1) is 8.59. The van der Waals surface area contributed by atoms with Crippen molar-refractivity contribution in [1.82, 2.24) is 14.4 Å². The maximum Gasteiger partial charge on any atom is 0.209 e. The molecule has 6 heteroatoms. The van der Waals surface area contributed by atoms with E-state index in [0.717, 1.165) is 0 Å². The summed E-state index contributed by atoms with van der Waals surface area (Å²) >= 11 is 11.5. The SMILES string of the molecule is CNc1nc(Cl)cc2nc(Cl)cn12. The number of aromatic nitrogens is 3. The van der Waals surface area contributed by atoms with Gasteiger partial charge in [-0.15, -0.1) is 0 Å². The first-order chi connectivity index (χ1) is 6.20. The van der Waals surface area contributed by atoms with Gasteiger partial charge in [0.25, 0.3) is 0 Å². The van der Waals surface area contributed by atoms with Crippen molar-refractivity contribution in [2.24, 2.45) is 0 Å². The Hall–Kier alpha value is -1.00. The lowest BCUT2D eigenvalue weighted by Gasteiger charge is -2.02. The van der Waals surface area contributed by atoms with Crippen molar-refractivity contribution in [3.05, 3.63) is 22.6 Å². The molecule has 0 fully saturated rings. The summed E-state index contributed by atoms with van der Waals surface area (Å²) in [7, 11) is 1.76. The van der Waals surface area contributed by atoms with Gasteiger partial charge in [0.05, 0.1) is 6.20 Å². The number of rotatable bonds is 1. The summed E-state index contributed by atoms with van der Waals surface area (Å²) in [4.78, 5) is 8.10. The lowest BCUT2D eigenvalue weighted by molar-refractivity contribution is 1.08. The van der Waals surface area contributed by atoms with Gasteiger partial charge >= 0.3 is 0 Å². The second-order valence-corrected chi connectivity index (χ2v) is 3.22. The maximum absolute atomic E-state index is 5.76. The van der Waals surface area contributed by atoms with E-state index in [2.05, 4.69) is 15.3 Å². The normalized spacial score (nSPS) is 10.7. The quantitative estimate of drug-likeness (QED) is 0.743. The largest absolute Gasteiger partial charge is 0.358 e. The van der Waals surface area contributed by atoms with Crippen LogP contribution in [-0.4, -0.2) is 21.4 Å². The summed E-state index contributed by atoms with van der Waals surface area (Å²) in [6.45, 7) is 0. The Kier molecular flexibility index (Phi) is 2.01. The topological polar surface area (TPSA) is 42.2 Å². The Bertz CT molecular complexity index is 451. The average Bonchev–Trinajstić information content (AvgIpc) is 2.43. The summed E-state index contributed by atoms with van der Waals surface area (Å²) in [6.07, 6.45) is 1.67. The summed E-state index contributed by atoms with van der Waals surface area (Å²) in [6, 6.07) is 1.65. The molecule has 0 aliphatic rings. The van der Waals surface area contributed by atoms with Crippen LogP contribution in [0.2, 0.25) is 10.3 Å². The number of nitrogens with zero attached hydrogens (tertiary/aromatic N) is 3. The fourth-order valence-electron chi connectivity index (χ4n) is 1.11. The minimum absolute atomic E-state index is 0.388. The molecule has 0 aliphatic heterocycles. The Morgan fingerprint density at radius 1 is 1.31 bits per heavy atom. The molecular weight excluding hydrogens is 211 g/mol. The van der Waals surface area contributed by atoms with Crippen LogP contribution in [0.1, 0.15) is 0 Å². The summed E-state index contributed by atoms with van der Waals surface area (Å²) in [5.41, 5.74) is 0.675. The van der Waals surface area contributed by atoms with Crippen LogP contribution in [0.4, 0.5) is 5.95 Å². The second-order valence-electron chi connectivity index (χ2n) is 2.44. The van der Waals surface area contributed by atoms with Crippen molar-refractivity contribution in [2.45, 2.75) is 0 Å². The molecule has 4 nitrogen and oxygen atoms in total. The van der Waals surface area contributed by atoms with Crippen LogP contribution >= 0.6 is 23.2 Å². The molecule has 68 valence electrons. The molecule has 0 saturated heterocycles. The molecule has 0 radical (unpaired) electrons. The molecule has 0 atom stereocenters. The van der Waals surface area contributed by atoms with E-state index < -0.39 is 0 Å². The number of hydrogen-bond acceptors (Lipinski definition) is 3. The van der Waals surface area contributed by atoms with Crippen molar-refractivity contribution in [3.8, 4) is 0 Å². The van der Waals surface area contributed by atoms with Gasteiger partial charge in [0.2, 0.25) is 5.95 Å². The van der Waals surface area contributed by atoms with E-state index in [9.17, 15) is 0 Å². The number of imidazole rings is 1. The third kappa shape index (κ3) is 1.43. The Labute approximate surface area is 84.5 Å². The van der Waals surface area contributed by atoms with E-state index in [-0.39, 0.29) is 0 Å². The minimum atomic E-state index is 0.388. The van der Waals surface area contributed by atoms with Crippen LogP contribution in [0, 0.1) is 0 Å². The van der Waals surface area contributed by atoms with Gasteiger partial charge in [-0.25, -0.2) is 9.97 Å². The molecule has 13 heavy (non-hydrogen) atoms. The van der Waals surface area contributed by atoms with Crippen LogP contribution in [0.15, 0.2) is 12.3 Å². The predicted molar refractivity (Wildman–Crippen MR) is 52.6 cm³/mol. The molecule has 0 aliphatic carbocycles. The highest BCUT2D eigenvalue weighted by Crippen LogP contribution is 2.17. The minimum Gasteiger partial charge on any atom is -0.358 e. The van der Waals surface area contributed by atoms with Gasteiger partial charge in [-0.3, -0.25) is 4.40 Å². The van der Waals surface area contributed by atoms with E-state index in [4.69, 9.17) is 23.2 Å². The highest BCUT2D eigenvalue weighted by Gasteiger charge is 2.05. The molecule has 0 spiro atoms. The highest BCUT2D eigenvalue weighted by atomic mass is 35.5. The molecule has 0 bridgehead atoms. The third-order valence-electron chi connectivity index (χ3n) is 1.62. The Morgan fingerprint density at radius 2 is 2.08 bits per heavy atom. The fraction of sp³-hybridized carbons (Fsp3) is 0.143. The first-order valence-electron chi connectivity index (χ1n) is 3.59. The van der Waals surface area contributed by atoms with Crippen molar-refractivity contribution in [2.75, 3.05) is 12.4 Å². The number of hydrogen-bond donors (Lipinski definition) is 1. The zero-order valence-electron chi connectivity index (χ0n) is 6.75. The van der Waals surface area contributed by atoms with Gasteiger partial charge in [0.1, 0.15) is 16.0 Å². The van der Waals surface area contributed by atoms with Crippen LogP contribution in [0.25, 0.3) is 5.65 Å². The Balaban J connectivity index is 2.80. The third-order valence-corrected chi connectivity index (χ3v) is 1.99. The molecule has 2 aromatic rings. The van der Waals surface area contributed by atoms with Crippen molar-refractivity contribution >= 4 is 34.8 Å². The molecule has 0 amide bonds. The van der Waals surface area contributed by atoms with Crippen LogP contribution < -0.4 is 5.32 Å². The molecule has 2 rings (SSSR count). The number of halogens is 2. The van der Waals surface area contributed by atoms with Gasteiger partial charge < -0.3 is 5.32 Å². The van der Waals surface area contributed by atoms with Gasteiger partial charge in [-0.2, -0.15) is 0 Å². The highest BCUT2D eigenvalue weighted by molar-refractivity contribution is 6.30. The van der Waals surface area contributed by atoms with Crippen LogP contribution in [0.3, 0.4) is 0 Å². The average molecular weight is 217 g/mol. The predicted octanol–water partition coefficient (Wildman–Crippen LogP) is 2.08. The number of nitrogens with one attached hydrogen (secondary N) is 1. The lowest BCUT2D eigenvalue weighted by atomic mass is 10.6. The van der Waals surface area contributed by atoms with Crippen molar-refractivity contribution in [1.29, 1.82) is 0 Å². The summed E-state index contributed by atoms with van der Waals surface area (Å²) < 4.78 is 1.73. The molecule has 0 saturated carbocycles. The van der Waals surface area contributed by atoms with Crippen molar-refractivity contribution in [3.63, 3.8) is 0 Å². The molecule has 0 aromatic carbocycles. The number of fused-ring (bicyclic) bond motifs is 1. The summed E-state index contributed by atoms with van der Waals surface area (Å²) in [5.74, 6) is 0.613. The van der Waals surface area contributed by atoms with E-state index in [1.807, 2.05) is 0 Å².